The topological polar surface area (TPSA) is 160 Å². The maximum Gasteiger partial charge on any atom is 0.324 e. The first-order valence-electron chi connectivity index (χ1n) is 22.6. The molecule has 6 bridgehead atoms. The number of likely N-dealkylation sites (N-methyl/N-ethyl adjacent to an activating group) is 1. The summed E-state index contributed by atoms with van der Waals surface area (Å²) in [5, 5.41) is 8.19. The molecular weight excluding hydrogens is 961 g/mol. The van der Waals surface area contributed by atoms with Crippen molar-refractivity contribution in [1.82, 2.24) is 40.1 Å². The number of urea groups is 1. The van der Waals surface area contributed by atoms with Gasteiger partial charge in [0, 0.05) is 98.8 Å². The van der Waals surface area contributed by atoms with E-state index < -0.39 is 41.3 Å². The lowest BCUT2D eigenvalue weighted by Gasteiger charge is -2.48. The number of carbonyl (C=O) groups is 4. The lowest BCUT2D eigenvalue weighted by atomic mass is 9.84. The van der Waals surface area contributed by atoms with Crippen molar-refractivity contribution in [3.63, 3.8) is 0 Å². The van der Waals surface area contributed by atoms with E-state index >= 15 is 0 Å². The van der Waals surface area contributed by atoms with Gasteiger partial charge < -0.3 is 33.9 Å². The van der Waals surface area contributed by atoms with Crippen LogP contribution < -0.4 is 10.7 Å². The number of aromatic nitrogens is 3. The Balaban J connectivity index is 0.00000306. The number of amides is 4. The number of nitrogens with zero attached hydrogens (tertiary/aromatic N) is 6. The SMILES string of the molecule is CCn1c(-c2cccnc2[C@H](C)OC)c2c3cc(ccc31)-c1csc(n1)C[C@H](NC(=O)[C@H](C(C)C)N(C)C(=O)N1CC(C(C)(C)OC)C1)C(=O)N1CCC[C@H](N1)C(=O)OCC(C)(C)C2.S.S.S.S. The number of hydrogen-bond acceptors (Lipinski definition) is 11. The third-order valence-electron chi connectivity index (χ3n) is 13.4. The van der Waals surface area contributed by atoms with Crippen LogP contribution in [-0.4, -0.2) is 124 Å². The van der Waals surface area contributed by atoms with Gasteiger partial charge in [0.15, 0.2) is 0 Å². The summed E-state index contributed by atoms with van der Waals surface area (Å²) in [6, 6.07) is 7.51. The summed E-state index contributed by atoms with van der Waals surface area (Å²) in [4.78, 5) is 69.8. The highest BCUT2D eigenvalue weighted by Crippen LogP contribution is 2.42. The maximum atomic E-state index is 14.6. The van der Waals surface area contributed by atoms with Crippen molar-refractivity contribution in [3.05, 3.63) is 58.2 Å². The number of fused-ring (bicyclic) bond motifs is 6. The standard InChI is InChI=1S/C48H66N8O7S.4H2S/c1-12-55-38-18-17-30-21-33(38)34(42(55)32-15-13-19-49-40(32)29(4)61-10)23-47(5,6)27-63-45(59)35-16-14-20-56(52-35)44(58)36(22-39-50-37(30)26-64-39)51-43(57)41(28(2)3)53(9)46(60)54-24-31(25-54)48(7,8)62-11;;;;/h13,15,17-19,21,26,28-29,31,35-36,41,52H,12,14,16,20,22-25,27H2,1-11H3,(H,51,57);4*1H2/t29-,35-,36-,41-;;;;/m0..../s1. The number of thiazole rings is 1. The maximum absolute atomic E-state index is 14.6. The number of ether oxygens (including phenoxy) is 3. The molecule has 68 heavy (non-hydrogen) atoms. The number of benzene rings is 1. The molecule has 0 aliphatic carbocycles. The molecule has 3 aromatic heterocycles. The van der Waals surface area contributed by atoms with Crippen LogP contribution in [0.15, 0.2) is 41.9 Å². The Labute approximate surface area is 433 Å². The number of pyridine rings is 1. The number of rotatable bonds is 10. The second-order valence-corrected chi connectivity index (χ2v) is 20.2. The lowest BCUT2D eigenvalue weighted by Crippen LogP contribution is -2.64. The zero-order valence-electron chi connectivity index (χ0n) is 41.3. The minimum absolute atomic E-state index is 0. The summed E-state index contributed by atoms with van der Waals surface area (Å²) in [6.07, 6.45) is 3.27. The van der Waals surface area contributed by atoms with Crippen LogP contribution in [0.1, 0.15) is 90.6 Å². The summed E-state index contributed by atoms with van der Waals surface area (Å²) in [5.74, 6) is -1.39. The van der Waals surface area contributed by atoms with Crippen molar-refractivity contribution >= 4 is 100 Å². The van der Waals surface area contributed by atoms with E-state index in [-0.39, 0.29) is 96.6 Å². The Kier molecular flexibility index (Phi) is 20.8. The number of nitrogens with one attached hydrogen (secondary N) is 2. The first-order valence-corrected chi connectivity index (χ1v) is 23.4. The molecule has 0 unspecified atom stereocenters. The van der Waals surface area contributed by atoms with E-state index in [1.807, 2.05) is 46.1 Å². The van der Waals surface area contributed by atoms with Crippen LogP contribution in [0.3, 0.4) is 0 Å². The lowest BCUT2D eigenvalue weighted by molar-refractivity contribution is -0.155. The molecule has 2 N–H and O–H groups in total. The third-order valence-corrected chi connectivity index (χ3v) is 14.3. The Morgan fingerprint density at radius 3 is 2.44 bits per heavy atom. The Bertz CT molecular complexity index is 2390. The Hall–Kier alpha value is -3.50. The van der Waals surface area contributed by atoms with Crippen LogP contribution in [-0.2, 0) is 48.0 Å². The molecule has 4 atom stereocenters. The smallest absolute Gasteiger partial charge is 0.324 e. The van der Waals surface area contributed by atoms with E-state index in [4.69, 9.17) is 24.2 Å². The van der Waals surface area contributed by atoms with Gasteiger partial charge in [0.25, 0.3) is 5.91 Å². The number of hydrazine groups is 1. The van der Waals surface area contributed by atoms with E-state index in [9.17, 15) is 19.2 Å². The normalized spacial score (nSPS) is 19.5. The number of likely N-dealkylation sites (tertiary alicyclic amines) is 1. The monoisotopic (exact) mass is 1030 g/mol. The van der Waals surface area contributed by atoms with Crippen LogP contribution in [0.25, 0.3) is 33.4 Å². The molecule has 378 valence electrons. The van der Waals surface area contributed by atoms with Gasteiger partial charge in [0.2, 0.25) is 5.91 Å². The van der Waals surface area contributed by atoms with E-state index in [1.54, 1.807) is 32.4 Å². The first-order chi connectivity index (χ1) is 30.4. The van der Waals surface area contributed by atoms with Crippen LogP contribution >= 0.6 is 65.3 Å². The highest BCUT2D eigenvalue weighted by atomic mass is 32.1. The molecule has 0 radical (unpaired) electrons. The fourth-order valence-corrected chi connectivity index (χ4v) is 10.2. The minimum Gasteiger partial charge on any atom is -0.464 e. The zero-order valence-corrected chi connectivity index (χ0v) is 46.1. The quantitative estimate of drug-likeness (QED) is 0.157. The van der Waals surface area contributed by atoms with E-state index in [0.29, 0.717) is 50.4 Å². The van der Waals surface area contributed by atoms with Crippen molar-refractivity contribution in [3.8, 4) is 22.5 Å². The number of cyclic esters (lactones) is 1. The Morgan fingerprint density at radius 1 is 1.09 bits per heavy atom. The van der Waals surface area contributed by atoms with Crippen molar-refractivity contribution in [2.75, 3.05) is 47.5 Å². The first kappa shape index (κ1) is 58.8. The van der Waals surface area contributed by atoms with Crippen LogP contribution in [0, 0.1) is 17.3 Å². The van der Waals surface area contributed by atoms with Crippen molar-refractivity contribution in [1.29, 1.82) is 0 Å². The van der Waals surface area contributed by atoms with E-state index in [1.165, 1.54) is 21.2 Å². The number of hydrogen-bond donors (Lipinski definition) is 2. The highest BCUT2D eigenvalue weighted by molar-refractivity contribution is 7.59. The predicted octanol–water partition coefficient (Wildman–Crippen LogP) is 7.09. The van der Waals surface area contributed by atoms with E-state index in [0.717, 1.165) is 44.7 Å². The summed E-state index contributed by atoms with van der Waals surface area (Å²) >= 11 is 1.42. The van der Waals surface area contributed by atoms with Crippen LogP contribution in [0.5, 0.6) is 0 Å². The van der Waals surface area contributed by atoms with Gasteiger partial charge in [-0.25, -0.2) is 15.2 Å². The van der Waals surface area contributed by atoms with Gasteiger partial charge in [0.05, 0.1) is 40.4 Å². The second kappa shape index (κ2) is 24.1. The molecule has 0 spiro atoms. The molecule has 15 nitrogen and oxygen atoms in total. The van der Waals surface area contributed by atoms with Crippen molar-refractivity contribution < 1.29 is 33.4 Å². The molecule has 4 aromatic rings. The van der Waals surface area contributed by atoms with Crippen molar-refractivity contribution in [2.24, 2.45) is 17.3 Å². The highest BCUT2D eigenvalue weighted by Gasteiger charge is 2.44. The second-order valence-electron chi connectivity index (χ2n) is 19.3. The van der Waals surface area contributed by atoms with Crippen molar-refractivity contribution in [2.45, 2.75) is 117 Å². The third kappa shape index (κ3) is 12.1. The number of aryl methyl sites for hydroxylation is 1. The van der Waals surface area contributed by atoms with Gasteiger partial charge in [-0.2, -0.15) is 54.0 Å². The molecule has 7 rings (SSSR count). The van der Waals surface area contributed by atoms with E-state index in [2.05, 4.69) is 60.3 Å². The number of esters is 1. The predicted molar refractivity (Wildman–Crippen MR) is 289 cm³/mol. The van der Waals surface area contributed by atoms with Gasteiger partial charge in [-0.3, -0.25) is 24.4 Å². The number of methoxy groups -OCH3 is 2. The average molecular weight is 1040 g/mol. The summed E-state index contributed by atoms with van der Waals surface area (Å²) in [7, 11) is 5.00. The molecule has 4 amide bonds. The summed E-state index contributed by atoms with van der Waals surface area (Å²) < 4.78 is 19.9. The minimum atomic E-state index is -1.05. The largest absolute Gasteiger partial charge is 0.464 e. The fraction of sp³-hybridized carbons (Fsp3) is 0.583. The summed E-state index contributed by atoms with van der Waals surface area (Å²) in [6.45, 7) is 18.4. The van der Waals surface area contributed by atoms with Gasteiger partial charge in [0.1, 0.15) is 18.1 Å². The fourth-order valence-electron chi connectivity index (χ4n) is 9.33. The summed E-state index contributed by atoms with van der Waals surface area (Å²) in [5.41, 5.74) is 8.98. The van der Waals surface area contributed by atoms with Gasteiger partial charge in [-0.05, 0) is 82.7 Å². The molecule has 0 saturated carbocycles. The average Bonchev–Trinajstić information content (AvgIpc) is 3.85. The van der Waals surface area contributed by atoms with Crippen LogP contribution in [0.4, 0.5) is 4.79 Å². The molecule has 3 aliphatic heterocycles. The van der Waals surface area contributed by atoms with Gasteiger partial charge in [-0.1, -0.05) is 33.8 Å². The molecule has 2 fully saturated rings. The zero-order chi connectivity index (χ0) is 46.2. The van der Waals surface area contributed by atoms with Gasteiger partial charge in [-0.15, -0.1) is 11.3 Å². The molecule has 3 aliphatic rings. The molecule has 2 saturated heterocycles. The molecule has 1 aromatic carbocycles. The van der Waals surface area contributed by atoms with Crippen LogP contribution in [0.2, 0.25) is 0 Å². The molecular formula is C48H74N8O7S5. The number of carbonyl (C=O) groups excluding carboxylic acids is 4. The van der Waals surface area contributed by atoms with Gasteiger partial charge >= 0.3 is 12.0 Å². The Morgan fingerprint density at radius 2 is 1.79 bits per heavy atom. The molecule has 20 heteroatoms. The molecule has 6 heterocycles.